The van der Waals surface area contributed by atoms with Crippen molar-refractivity contribution >= 4 is 34.2 Å². The van der Waals surface area contributed by atoms with Gasteiger partial charge < -0.3 is 19.9 Å². The summed E-state index contributed by atoms with van der Waals surface area (Å²) in [7, 11) is 2.40. The van der Waals surface area contributed by atoms with Crippen molar-refractivity contribution in [2.75, 3.05) is 20.0 Å². The summed E-state index contributed by atoms with van der Waals surface area (Å²) in [5.41, 5.74) is 7.26. The molecule has 25 heavy (non-hydrogen) atoms. The predicted octanol–water partition coefficient (Wildman–Crippen LogP) is 2.57. The molecule has 0 aliphatic rings. The zero-order valence-electron chi connectivity index (χ0n) is 14.0. The molecule has 0 saturated heterocycles. The first kappa shape index (κ1) is 18.5. The van der Waals surface area contributed by atoms with Crippen LogP contribution in [0, 0.1) is 6.92 Å². The Morgan fingerprint density at radius 2 is 1.76 bits per heavy atom. The van der Waals surface area contributed by atoms with Crippen molar-refractivity contribution in [2.45, 2.75) is 13.5 Å². The van der Waals surface area contributed by atoms with E-state index in [1.165, 1.54) is 14.2 Å². The maximum Gasteiger partial charge on any atom is 0.348 e. The van der Waals surface area contributed by atoms with Gasteiger partial charge in [0.1, 0.15) is 22.0 Å². The molecule has 0 radical (unpaired) electrons. The van der Waals surface area contributed by atoms with Crippen LogP contribution in [0.3, 0.4) is 0 Å². The fourth-order valence-corrected chi connectivity index (χ4v) is 3.18. The highest BCUT2D eigenvalue weighted by molar-refractivity contribution is 7.18. The monoisotopic (exact) mass is 363 g/mol. The van der Waals surface area contributed by atoms with Crippen LogP contribution in [0.5, 0.6) is 0 Å². The number of hydrogen-bond acceptors (Lipinski definition) is 8. The van der Waals surface area contributed by atoms with Crippen molar-refractivity contribution < 1.29 is 28.6 Å². The SMILES string of the molecule is COC(=O)c1sc(N)c(C(=O)OC)c1COC(=O)c1cccc(C)c1. The molecule has 1 aromatic carbocycles. The molecule has 7 nitrogen and oxygen atoms in total. The van der Waals surface area contributed by atoms with Gasteiger partial charge in [-0.3, -0.25) is 0 Å². The van der Waals surface area contributed by atoms with Gasteiger partial charge in [-0.2, -0.15) is 0 Å². The number of esters is 3. The van der Waals surface area contributed by atoms with Crippen molar-refractivity contribution in [3.63, 3.8) is 0 Å². The van der Waals surface area contributed by atoms with Crippen molar-refractivity contribution in [3.8, 4) is 0 Å². The highest BCUT2D eigenvalue weighted by Crippen LogP contribution is 2.33. The van der Waals surface area contributed by atoms with E-state index in [1.54, 1.807) is 18.2 Å². The van der Waals surface area contributed by atoms with Crippen molar-refractivity contribution in [2.24, 2.45) is 0 Å². The molecule has 0 unspecified atom stereocenters. The fourth-order valence-electron chi connectivity index (χ4n) is 2.20. The van der Waals surface area contributed by atoms with E-state index < -0.39 is 17.9 Å². The van der Waals surface area contributed by atoms with Gasteiger partial charge in [-0.25, -0.2) is 14.4 Å². The molecule has 132 valence electrons. The second kappa shape index (κ2) is 7.80. The van der Waals surface area contributed by atoms with Gasteiger partial charge in [0.25, 0.3) is 0 Å². The average molecular weight is 363 g/mol. The van der Waals surface area contributed by atoms with Gasteiger partial charge in [0.05, 0.1) is 19.8 Å². The van der Waals surface area contributed by atoms with Crippen LogP contribution in [-0.2, 0) is 20.8 Å². The summed E-state index contributed by atoms with van der Waals surface area (Å²) in [5, 5.41) is 0.0915. The van der Waals surface area contributed by atoms with Crippen LogP contribution < -0.4 is 5.73 Å². The smallest absolute Gasteiger partial charge is 0.348 e. The van der Waals surface area contributed by atoms with E-state index in [1.807, 2.05) is 13.0 Å². The fraction of sp³-hybridized carbons (Fsp3) is 0.235. The topological polar surface area (TPSA) is 105 Å². The summed E-state index contributed by atoms with van der Waals surface area (Å²) in [5.74, 6) is -1.97. The van der Waals surface area contributed by atoms with Gasteiger partial charge in [0, 0.05) is 5.56 Å². The molecule has 2 aromatic rings. The number of methoxy groups -OCH3 is 2. The highest BCUT2D eigenvalue weighted by Gasteiger charge is 2.28. The van der Waals surface area contributed by atoms with Gasteiger partial charge in [0.2, 0.25) is 0 Å². The Morgan fingerprint density at radius 3 is 2.36 bits per heavy atom. The molecule has 0 amide bonds. The lowest BCUT2D eigenvalue weighted by Gasteiger charge is -2.08. The largest absolute Gasteiger partial charge is 0.465 e. The first-order chi connectivity index (χ1) is 11.9. The molecule has 0 aliphatic carbocycles. The van der Waals surface area contributed by atoms with Gasteiger partial charge in [-0.05, 0) is 19.1 Å². The van der Waals surface area contributed by atoms with Gasteiger partial charge in [-0.1, -0.05) is 17.7 Å². The molecule has 2 N–H and O–H groups in total. The predicted molar refractivity (Wildman–Crippen MR) is 91.7 cm³/mol. The van der Waals surface area contributed by atoms with E-state index in [0.717, 1.165) is 16.9 Å². The minimum absolute atomic E-state index is 0.00458. The quantitative estimate of drug-likeness (QED) is 0.643. The number of hydrogen-bond donors (Lipinski definition) is 1. The number of aryl methyl sites for hydroxylation is 1. The molecule has 2 rings (SSSR count). The van der Waals surface area contributed by atoms with Crippen molar-refractivity contribution in [1.82, 2.24) is 0 Å². The van der Waals surface area contributed by atoms with Crippen molar-refractivity contribution in [1.29, 1.82) is 0 Å². The molecule has 8 heteroatoms. The molecule has 0 bridgehead atoms. The summed E-state index contributed by atoms with van der Waals surface area (Å²) in [6, 6.07) is 6.86. The Hall–Kier alpha value is -2.87. The Balaban J connectivity index is 2.32. The molecule has 0 saturated carbocycles. The molecule has 0 fully saturated rings. The van der Waals surface area contributed by atoms with E-state index in [0.29, 0.717) is 5.56 Å². The third kappa shape index (κ3) is 3.97. The van der Waals surface area contributed by atoms with Crippen LogP contribution >= 0.6 is 11.3 Å². The van der Waals surface area contributed by atoms with Crippen LogP contribution in [-0.4, -0.2) is 32.1 Å². The number of nitrogens with two attached hydrogens (primary N) is 1. The molecule has 1 heterocycles. The Morgan fingerprint density at radius 1 is 1.08 bits per heavy atom. The summed E-state index contributed by atoms with van der Waals surface area (Å²) in [6.45, 7) is 1.54. The minimum Gasteiger partial charge on any atom is -0.465 e. The van der Waals surface area contributed by atoms with Crippen LogP contribution in [0.4, 0.5) is 5.00 Å². The summed E-state index contributed by atoms with van der Waals surface area (Å²) >= 11 is 0.878. The number of thiophene rings is 1. The lowest BCUT2D eigenvalue weighted by molar-refractivity contribution is 0.0452. The number of carbonyl (C=O) groups is 3. The standard InChI is InChI=1S/C17H17NO6S/c1-9-5-4-6-10(7-9)15(19)24-8-11-12(16(20)22-2)14(18)25-13(11)17(21)23-3/h4-7H,8,18H2,1-3H3. The van der Waals surface area contributed by atoms with E-state index in [9.17, 15) is 14.4 Å². The van der Waals surface area contributed by atoms with Crippen LogP contribution in [0.25, 0.3) is 0 Å². The van der Waals surface area contributed by atoms with E-state index >= 15 is 0 Å². The molecular formula is C17H17NO6S. The zero-order valence-corrected chi connectivity index (χ0v) is 14.8. The molecule has 0 spiro atoms. The summed E-state index contributed by atoms with van der Waals surface area (Å²) < 4.78 is 14.6. The van der Waals surface area contributed by atoms with Gasteiger partial charge >= 0.3 is 17.9 Å². The van der Waals surface area contributed by atoms with Crippen LogP contribution in [0.2, 0.25) is 0 Å². The second-order valence-corrected chi connectivity index (χ2v) is 6.13. The Kier molecular flexibility index (Phi) is 5.76. The normalized spacial score (nSPS) is 10.2. The second-order valence-electron chi connectivity index (χ2n) is 5.08. The number of carbonyl (C=O) groups excluding carboxylic acids is 3. The molecular weight excluding hydrogens is 346 g/mol. The van der Waals surface area contributed by atoms with Gasteiger partial charge in [0.15, 0.2) is 0 Å². The molecule has 0 aliphatic heterocycles. The number of ether oxygens (including phenoxy) is 3. The summed E-state index contributed by atoms with van der Waals surface area (Å²) in [6.07, 6.45) is 0. The average Bonchev–Trinajstić information content (AvgIpc) is 2.94. The van der Waals surface area contributed by atoms with E-state index in [2.05, 4.69) is 9.47 Å². The lowest BCUT2D eigenvalue weighted by atomic mass is 10.1. The third-order valence-electron chi connectivity index (χ3n) is 3.40. The van der Waals surface area contributed by atoms with E-state index in [4.69, 9.17) is 10.5 Å². The van der Waals surface area contributed by atoms with Gasteiger partial charge in [-0.15, -0.1) is 11.3 Å². The number of rotatable bonds is 5. The maximum atomic E-state index is 12.2. The Bertz CT molecular complexity index is 827. The number of anilines is 1. The summed E-state index contributed by atoms with van der Waals surface area (Å²) in [4.78, 5) is 36.2. The zero-order chi connectivity index (χ0) is 18.6. The van der Waals surface area contributed by atoms with Crippen LogP contribution in [0.15, 0.2) is 24.3 Å². The minimum atomic E-state index is -0.717. The number of benzene rings is 1. The Labute approximate surface area is 148 Å². The van der Waals surface area contributed by atoms with E-state index in [-0.39, 0.29) is 27.6 Å². The maximum absolute atomic E-state index is 12.2. The molecule has 0 atom stereocenters. The molecule has 1 aromatic heterocycles. The third-order valence-corrected chi connectivity index (χ3v) is 4.44. The van der Waals surface area contributed by atoms with Crippen molar-refractivity contribution in [3.05, 3.63) is 51.4 Å². The lowest BCUT2D eigenvalue weighted by Crippen LogP contribution is -2.12. The first-order valence-electron chi connectivity index (χ1n) is 7.20. The number of nitrogen functional groups attached to an aromatic ring is 1. The highest BCUT2D eigenvalue weighted by atomic mass is 32.1. The first-order valence-corrected chi connectivity index (χ1v) is 8.02. The van der Waals surface area contributed by atoms with Crippen LogP contribution in [0.1, 0.15) is 41.5 Å².